The Morgan fingerprint density at radius 1 is 1.17 bits per heavy atom. The fourth-order valence-electron chi connectivity index (χ4n) is 1.64. The summed E-state index contributed by atoms with van der Waals surface area (Å²) in [7, 11) is 1.86. The molecule has 3 nitrogen and oxygen atoms in total. The lowest BCUT2D eigenvalue weighted by molar-refractivity contribution is 0.199. The van der Waals surface area contributed by atoms with Crippen LogP contribution in [0.5, 0.6) is 0 Å². The van der Waals surface area contributed by atoms with E-state index in [2.05, 4.69) is 4.98 Å². The molecule has 0 bridgehead atoms. The maximum absolute atomic E-state index is 12.8. The fourth-order valence-corrected chi connectivity index (χ4v) is 1.64. The summed E-state index contributed by atoms with van der Waals surface area (Å²) < 4.78 is 12.8. The summed E-state index contributed by atoms with van der Waals surface area (Å²) in [4.78, 5) is 6.12. The molecule has 0 spiro atoms. The molecule has 2 rings (SSSR count). The van der Waals surface area contributed by atoms with Crippen molar-refractivity contribution in [2.45, 2.75) is 13.0 Å². The predicted molar refractivity (Wildman–Crippen MR) is 69.3 cm³/mol. The van der Waals surface area contributed by atoms with Gasteiger partial charge >= 0.3 is 0 Å². The number of pyridine rings is 1. The average Bonchev–Trinajstić information content (AvgIpc) is 2.39. The van der Waals surface area contributed by atoms with Gasteiger partial charge in [-0.15, -0.1) is 0 Å². The first-order valence-corrected chi connectivity index (χ1v) is 5.71. The normalized spacial score (nSPS) is 12.2. The minimum atomic E-state index is -0.525. The van der Waals surface area contributed by atoms with Gasteiger partial charge in [-0.3, -0.25) is 0 Å². The van der Waals surface area contributed by atoms with Gasteiger partial charge in [0.1, 0.15) is 11.6 Å². The van der Waals surface area contributed by atoms with E-state index in [-0.39, 0.29) is 5.82 Å². The van der Waals surface area contributed by atoms with Gasteiger partial charge in [-0.2, -0.15) is 0 Å². The second kappa shape index (κ2) is 5.14. The number of hydrogen-bond donors (Lipinski definition) is 1. The number of aliphatic hydroxyl groups is 1. The zero-order valence-electron chi connectivity index (χ0n) is 10.3. The minimum absolute atomic E-state index is 0.260. The maximum Gasteiger partial charge on any atom is 0.132 e. The van der Waals surface area contributed by atoms with Gasteiger partial charge in [-0.25, -0.2) is 9.37 Å². The van der Waals surface area contributed by atoms with Gasteiger partial charge in [0.15, 0.2) is 0 Å². The first kappa shape index (κ1) is 12.5. The highest BCUT2D eigenvalue weighted by Gasteiger charge is 2.07. The van der Waals surface area contributed by atoms with Crippen LogP contribution in [0.2, 0.25) is 0 Å². The van der Waals surface area contributed by atoms with Crippen molar-refractivity contribution < 1.29 is 9.50 Å². The van der Waals surface area contributed by atoms with E-state index in [1.807, 2.05) is 24.1 Å². The molecular formula is C14H15FN2O. The topological polar surface area (TPSA) is 36.4 Å². The fraction of sp³-hybridized carbons (Fsp3) is 0.214. The Balaban J connectivity index is 2.23. The Morgan fingerprint density at radius 3 is 2.33 bits per heavy atom. The summed E-state index contributed by atoms with van der Waals surface area (Å²) in [6.07, 6.45) is 1.11. The molecule has 4 heteroatoms. The number of benzene rings is 1. The molecule has 1 aromatic carbocycles. The molecule has 0 radical (unpaired) electrons. The third-order valence-corrected chi connectivity index (χ3v) is 2.81. The van der Waals surface area contributed by atoms with Crippen molar-refractivity contribution in [3.05, 3.63) is 54.0 Å². The van der Waals surface area contributed by atoms with E-state index >= 15 is 0 Å². The van der Waals surface area contributed by atoms with Crippen LogP contribution >= 0.6 is 0 Å². The predicted octanol–water partition coefficient (Wildman–Crippen LogP) is 3.04. The van der Waals surface area contributed by atoms with Gasteiger partial charge < -0.3 is 10.0 Å². The Hall–Kier alpha value is -1.94. The SMILES string of the molecule is CC(O)c1ccc(N(C)c2ccc(F)cc2)nc1. The third kappa shape index (κ3) is 2.65. The van der Waals surface area contributed by atoms with Gasteiger partial charge in [0, 0.05) is 18.9 Å². The molecule has 0 amide bonds. The number of halogens is 1. The van der Waals surface area contributed by atoms with Crippen LogP contribution in [0.15, 0.2) is 42.6 Å². The minimum Gasteiger partial charge on any atom is -0.389 e. The van der Waals surface area contributed by atoms with Crippen LogP contribution in [-0.4, -0.2) is 17.1 Å². The molecule has 2 aromatic rings. The number of aliphatic hydroxyl groups excluding tert-OH is 1. The van der Waals surface area contributed by atoms with E-state index < -0.39 is 6.10 Å². The van der Waals surface area contributed by atoms with E-state index in [1.165, 1.54) is 12.1 Å². The number of aromatic nitrogens is 1. The van der Waals surface area contributed by atoms with Crippen molar-refractivity contribution in [2.75, 3.05) is 11.9 Å². The van der Waals surface area contributed by atoms with Gasteiger partial charge in [0.25, 0.3) is 0 Å². The molecule has 0 fully saturated rings. The highest BCUT2D eigenvalue weighted by Crippen LogP contribution is 2.22. The van der Waals surface area contributed by atoms with E-state index in [1.54, 1.807) is 25.3 Å². The molecule has 18 heavy (non-hydrogen) atoms. The molecule has 1 aromatic heterocycles. The molecule has 1 atom stereocenters. The summed E-state index contributed by atoms with van der Waals surface area (Å²) >= 11 is 0. The highest BCUT2D eigenvalue weighted by molar-refractivity contribution is 5.58. The highest BCUT2D eigenvalue weighted by atomic mass is 19.1. The number of rotatable bonds is 3. The maximum atomic E-state index is 12.8. The van der Waals surface area contributed by atoms with Gasteiger partial charge in [-0.05, 0) is 42.8 Å². The zero-order valence-corrected chi connectivity index (χ0v) is 10.3. The first-order valence-electron chi connectivity index (χ1n) is 5.71. The Kier molecular flexibility index (Phi) is 3.58. The summed E-state index contributed by atoms with van der Waals surface area (Å²) in [6, 6.07) is 9.86. The Labute approximate surface area is 106 Å². The van der Waals surface area contributed by atoms with E-state index in [4.69, 9.17) is 0 Å². The summed E-state index contributed by atoms with van der Waals surface area (Å²) in [5.74, 6) is 0.482. The van der Waals surface area contributed by atoms with Crippen molar-refractivity contribution >= 4 is 11.5 Å². The lowest BCUT2D eigenvalue weighted by atomic mass is 10.2. The number of nitrogens with zero attached hydrogens (tertiary/aromatic N) is 2. The van der Waals surface area contributed by atoms with Crippen molar-refractivity contribution in [3.63, 3.8) is 0 Å². The molecule has 94 valence electrons. The molecule has 0 aliphatic rings. The Bertz CT molecular complexity index is 508. The van der Waals surface area contributed by atoms with Crippen LogP contribution in [-0.2, 0) is 0 Å². The molecule has 1 unspecified atom stereocenters. The third-order valence-electron chi connectivity index (χ3n) is 2.81. The van der Waals surface area contributed by atoms with E-state index in [0.717, 1.165) is 17.1 Å². The molecule has 0 aliphatic carbocycles. The first-order chi connectivity index (χ1) is 8.58. The summed E-state index contributed by atoms with van der Waals surface area (Å²) in [6.45, 7) is 1.69. The smallest absolute Gasteiger partial charge is 0.132 e. The summed E-state index contributed by atoms with van der Waals surface area (Å²) in [5.41, 5.74) is 1.62. The van der Waals surface area contributed by atoms with Crippen LogP contribution < -0.4 is 4.90 Å². The lowest BCUT2D eigenvalue weighted by Crippen LogP contribution is -2.11. The molecule has 0 saturated heterocycles. The van der Waals surface area contributed by atoms with Crippen LogP contribution in [0.1, 0.15) is 18.6 Å². The second-order valence-corrected chi connectivity index (χ2v) is 4.16. The monoisotopic (exact) mass is 246 g/mol. The van der Waals surface area contributed by atoms with Crippen LogP contribution in [0.3, 0.4) is 0 Å². The summed E-state index contributed by atoms with van der Waals surface area (Å²) in [5, 5.41) is 9.41. The van der Waals surface area contributed by atoms with Gasteiger partial charge in [-0.1, -0.05) is 6.07 Å². The molecule has 0 saturated carbocycles. The largest absolute Gasteiger partial charge is 0.389 e. The molecule has 1 heterocycles. The van der Waals surface area contributed by atoms with Crippen LogP contribution in [0.4, 0.5) is 15.9 Å². The average molecular weight is 246 g/mol. The molecule has 0 aliphatic heterocycles. The van der Waals surface area contributed by atoms with E-state index in [9.17, 15) is 9.50 Å². The second-order valence-electron chi connectivity index (χ2n) is 4.16. The quantitative estimate of drug-likeness (QED) is 0.904. The Morgan fingerprint density at radius 2 is 1.83 bits per heavy atom. The van der Waals surface area contributed by atoms with Gasteiger partial charge in [0.2, 0.25) is 0 Å². The van der Waals surface area contributed by atoms with Crippen molar-refractivity contribution in [2.24, 2.45) is 0 Å². The lowest BCUT2D eigenvalue weighted by Gasteiger charge is -2.18. The van der Waals surface area contributed by atoms with Crippen molar-refractivity contribution in [1.82, 2.24) is 4.98 Å². The standard InChI is InChI=1S/C14H15FN2O/c1-10(18)11-3-8-14(16-9-11)17(2)13-6-4-12(15)5-7-13/h3-10,18H,1-2H3. The van der Waals surface area contributed by atoms with Crippen molar-refractivity contribution in [3.8, 4) is 0 Å². The van der Waals surface area contributed by atoms with Crippen LogP contribution in [0.25, 0.3) is 0 Å². The molecule has 1 N–H and O–H groups in total. The number of hydrogen-bond acceptors (Lipinski definition) is 3. The van der Waals surface area contributed by atoms with Gasteiger partial charge in [0.05, 0.1) is 6.10 Å². The van der Waals surface area contributed by atoms with E-state index in [0.29, 0.717) is 0 Å². The zero-order chi connectivity index (χ0) is 13.1. The number of anilines is 2. The van der Waals surface area contributed by atoms with Crippen molar-refractivity contribution in [1.29, 1.82) is 0 Å². The van der Waals surface area contributed by atoms with Crippen LogP contribution in [0, 0.1) is 5.82 Å². The molecular weight excluding hydrogens is 231 g/mol.